The highest BCUT2D eigenvalue weighted by Gasteiger charge is 2.25. The molecule has 0 N–H and O–H groups in total. The van der Waals surface area contributed by atoms with Crippen molar-refractivity contribution in [3.8, 4) is 0 Å². The van der Waals surface area contributed by atoms with Crippen LogP contribution in [0.25, 0.3) is 5.57 Å². The van der Waals surface area contributed by atoms with Crippen molar-refractivity contribution < 1.29 is 4.79 Å². The minimum absolute atomic E-state index is 0.143. The number of piperidine rings is 1. The lowest BCUT2D eigenvalue weighted by Crippen LogP contribution is -2.33. The number of halogens is 1. The standard InChI is InChI=1S/C20H19ClN2OS/c21-16-5-6-17-15(12-16)4-3-14-2-1-9-22-19(14)18(17)13-7-10-23(11-8-13)20(24)25/h1-2,5-6,9,12H,3-4,7-8,10-11H2,(H,24,25). The molecule has 1 aliphatic carbocycles. The molecule has 128 valence electrons. The maximum absolute atomic E-state index is 11.5. The summed E-state index contributed by atoms with van der Waals surface area (Å²) in [5.74, 6) is 0. The quantitative estimate of drug-likeness (QED) is 0.677. The van der Waals surface area contributed by atoms with Gasteiger partial charge in [0.25, 0.3) is 5.24 Å². The number of hydrogen-bond donors (Lipinski definition) is 1. The summed E-state index contributed by atoms with van der Waals surface area (Å²) in [4.78, 5) is 18.0. The summed E-state index contributed by atoms with van der Waals surface area (Å²) in [5, 5.41) is 0.633. The number of aromatic nitrogens is 1. The van der Waals surface area contributed by atoms with Crippen LogP contribution in [-0.4, -0.2) is 28.2 Å². The molecular weight excluding hydrogens is 352 g/mol. The van der Waals surface area contributed by atoms with Crippen molar-refractivity contribution in [1.82, 2.24) is 9.88 Å². The van der Waals surface area contributed by atoms with Crippen molar-refractivity contribution >= 4 is 35.0 Å². The number of carbonyl (C=O) groups is 1. The van der Waals surface area contributed by atoms with E-state index in [1.807, 2.05) is 18.3 Å². The Labute approximate surface area is 158 Å². The van der Waals surface area contributed by atoms with Crippen molar-refractivity contribution in [2.45, 2.75) is 25.7 Å². The lowest BCUT2D eigenvalue weighted by atomic mass is 9.89. The molecule has 2 aliphatic rings. The maximum Gasteiger partial charge on any atom is 0.278 e. The van der Waals surface area contributed by atoms with Gasteiger partial charge in [0.15, 0.2) is 0 Å². The Morgan fingerprint density at radius 3 is 2.60 bits per heavy atom. The highest BCUT2D eigenvalue weighted by molar-refractivity contribution is 7.96. The minimum Gasteiger partial charge on any atom is -0.333 e. The predicted octanol–water partition coefficient (Wildman–Crippen LogP) is 4.78. The number of benzene rings is 1. The van der Waals surface area contributed by atoms with Gasteiger partial charge in [-0.25, -0.2) is 0 Å². The topological polar surface area (TPSA) is 33.2 Å². The van der Waals surface area contributed by atoms with Crippen LogP contribution >= 0.6 is 24.2 Å². The second kappa shape index (κ2) is 6.85. The van der Waals surface area contributed by atoms with Gasteiger partial charge in [-0.3, -0.25) is 9.78 Å². The smallest absolute Gasteiger partial charge is 0.278 e. The van der Waals surface area contributed by atoms with Crippen molar-refractivity contribution in [2.24, 2.45) is 0 Å². The molecule has 1 amide bonds. The van der Waals surface area contributed by atoms with Crippen LogP contribution in [-0.2, 0) is 12.8 Å². The molecule has 1 saturated heterocycles. The van der Waals surface area contributed by atoms with E-state index in [1.165, 1.54) is 27.8 Å². The number of carbonyl (C=O) groups excluding carboxylic acids is 1. The number of thiol groups is 1. The van der Waals surface area contributed by atoms with Gasteiger partial charge in [0, 0.05) is 29.9 Å². The third-order valence-electron chi connectivity index (χ3n) is 5.12. The molecule has 0 atom stereocenters. The lowest BCUT2D eigenvalue weighted by Gasteiger charge is -2.29. The van der Waals surface area contributed by atoms with Gasteiger partial charge in [0.2, 0.25) is 0 Å². The van der Waals surface area contributed by atoms with Crippen LogP contribution < -0.4 is 0 Å². The van der Waals surface area contributed by atoms with E-state index in [9.17, 15) is 4.79 Å². The normalized spacial score (nSPS) is 17.0. The van der Waals surface area contributed by atoms with E-state index >= 15 is 0 Å². The molecule has 0 saturated carbocycles. The third-order valence-corrected chi connectivity index (χ3v) is 5.64. The van der Waals surface area contributed by atoms with Crippen LogP contribution in [0.2, 0.25) is 5.02 Å². The molecular formula is C20H19ClN2OS. The van der Waals surface area contributed by atoms with Gasteiger partial charge in [0.05, 0.1) is 5.69 Å². The minimum atomic E-state index is -0.143. The fourth-order valence-corrected chi connectivity index (χ4v) is 4.25. The largest absolute Gasteiger partial charge is 0.333 e. The van der Waals surface area contributed by atoms with E-state index in [-0.39, 0.29) is 5.24 Å². The molecule has 1 fully saturated rings. The predicted molar refractivity (Wildman–Crippen MR) is 104 cm³/mol. The van der Waals surface area contributed by atoms with Gasteiger partial charge in [-0.05, 0) is 60.6 Å². The fraction of sp³-hybridized carbons (Fsp3) is 0.300. The number of pyridine rings is 1. The van der Waals surface area contributed by atoms with Crippen LogP contribution in [0.4, 0.5) is 4.79 Å². The number of rotatable bonds is 0. The Balaban J connectivity index is 1.86. The molecule has 4 rings (SSSR count). The Morgan fingerprint density at radius 1 is 1.08 bits per heavy atom. The molecule has 2 aromatic rings. The molecule has 1 aromatic carbocycles. The molecule has 2 heterocycles. The van der Waals surface area contributed by atoms with E-state index in [4.69, 9.17) is 16.6 Å². The van der Waals surface area contributed by atoms with E-state index in [2.05, 4.69) is 30.8 Å². The Hall–Kier alpha value is -1.78. The van der Waals surface area contributed by atoms with Crippen LogP contribution in [0.1, 0.15) is 35.2 Å². The number of nitrogens with zero attached hydrogens (tertiary/aromatic N) is 2. The summed E-state index contributed by atoms with van der Waals surface area (Å²) in [6.07, 6.45) is 5.52. The fourth-order valence-electron chi connectivity index (χ4n) is 3.85. The van der Waals surface area contributed by atoms with Gasteiger partial charge in [-0.1, -0.05) is 41.9 Å². The average molecular weight is 371 g/mol. The number of fused-ring (bicyclic) bond motifs is 2. The van der Waals surface area contributed by atoms with Crippen molar-refractivity contribution in [2.75, 3.05) is 13.1 Å². The molecule has 3 nitrogen and oxygen atoms in total. The first-order valence-corrected chi connectivity index (χ1v) is 9.39. The summed E-state index contributed by atoms with van der Waals surface area (Å²) >= 11 is 10.2. The summed E-state index contributed by atoms with van der Waals surface area (Å²) in [5.41, 5.74) is 7.50. The van der Waals surface area contributed by atoms with Crippen molar-refractivity contribution in [3.63, 3.8) is 0 Å². The summed E-state index contributed by atoms with van der Waals surface area (Å²) in [7, 11) is 0. The first kappa shape index (κ1) is 16.7. The maximum atomic E-state index is 11.5. The van der Waals surface area contributed by atoms with Gasteiger partial charge < -0.3 is 4.90 Å². The molecule has 1 aliphatic heterocycles. The SMILES string of the molecule is O=C(S)N1CCC(=C2c3ccc(Cl)cc3CCc3cccnc32)CC1. The van der Waals surface area contributed by atoms with Crippen LogP contribution in [0, 0.1) is 0 Å². The lowest BCUT2D eigenvalue weighted by molar-refractivity contribution is 0.219. The van der Waals surface area contributed by atoms with Crippen LogP contribution in [0.15, 0.2) is 42.1 Å². The molecule has 1 aromatic heterocycles. The highest BCUT2D eigenvalue weighted by atomic mass is 35.5. The average Bonchev–Trinajstić information content (AvgIpc) is 2.78. The first-order chi connectivity index (χ1) is 12.1. The summed E-state index contributed by atoms with van der Waals surface area (Å²) in [6.45, 7) is 1.43. The second-order valence-corrected chi connectivity index (χ2v) is 7.38. The van der Waals surface area contributed by atoms with Crippen molar-refractivity contribution in [3.05, 3.63) is 69.5 Å². The Bertz CT molecular complexity index is 868. The molecule has 0 radical (unpaired) electrons. The zero-order valence-corrected chi connectivity index (χ0v) is 15.5. The molecule has 25 heavy (non-hydrogen) atoms. The molecule has 0 bridgehead atoms. The first-order valence-electron chi connectivity index (χ1n) is 8.56. The Morgan fingerprint density at radius 2 is 1.84 bits per heavy atom. The Kier molecular flexibility index (Phi) is 4.57. The van der Waals surface area contributed by atoms with E-state index in [0.29, 0.717) is 13.1 Å². The molecule has 0 unspecified atom stereocenters. The van der Waals surface area contributed by atoms with E-state index in [1.54, 1.807) is 4.90 Å². The van der Waals surface area contributed by atoms with Gasteiger partial charge >= 0.3 is 0 Å². The molecule has 0 spiro atoms. The second-order valence-electron chi connectivity index (χ2n) is 6.56. The van der Waals surface area contributed by atoms with Crippen LogP contribution in [0.3, 0.4) is 0 Å². The van der Waals surface area contributed by atoms with Gasteiger partial charge in [-0.15, -0.1) is 0 Å². The van der Waals surface area contributed by atoms with Crippen molar-refractivity contribution in [1.29, 1.82) is 0 Å². The third kappa shape index (κ3) is 3.21. The monoisotopic (exact) mass is 370 g/mol. The van der Waals surface area contributed by atoms with E-state index < -0.39 is 0 Å². The van der Waals surface area contributed by atoms with Gasteiger partial charge in [0.1, 0.15) is 0 Å². The summed E-state index contributed by atoms with van der Waals surface area (Å²) < 4.78 is 0. The zero-order chi connectivity index (χ0) is 17.4. The van der Waals surface area contributed by atoms with Gasteiger partial charge in [-0.2, -0.15) is 0 Å². The number of aryl methyl sites for hydroxylation is 2. The van der Waals surface area contributed by atoms with E-state index in [0.717, 1.165) is 36.4 Å². The highest BCUT2D eigenvalue weighted by Crippen LogP contribution is 2.38. The zero-order valence-electron chi connectivity index (χ0n) is 13.8. The van der Waals surface area contributed by atoms with Crippen LogP contribution in [0.5, 0.6) is 0 Å². The number of hydrogen-bond acceptors (Lipinski definition) is 2. The number of amides is 1. The molecule has 5 heteroatoms. The number of likely N-dealkylation sites (tertiary alicyclic amines) is 1. The summed E-state index contributed by atoms with van der Waals surface area (Å²) in [6, 6.07) is 10.3.